The van der Waals surface area contributed by atoms with E-state index in [1.807, 2.05) is 0 Å². The molecule has 0 fully saturated rings. The summed E-state index contributed by atoms with van der Waals surface area (Å²) in [5, 5.41) is 10.1. The van der Waals surface area contributed by atoms with Crippen LogP contribution < -0.4 is 9.64 Å². The molecule has 126 valence electrons. The first kappa shape index (κ1) is 16.9. The van der Waals surface area contributed by atoms with Crippen LogP contribution in [0.4, 0.5) is 11.4 Å². The number of aromatic hydroxyl groups is 1. The van der Waals surface area contributed by atoms with Gasteiger partial charge in [-0.05, 0) is 72.8 Å². The molecule has 0 bridgehead atoms. The Kier molecular flexibility index (Phi) is 4.91. The van der Waals surface area contributed by atoms with Crippen LogP contribution in [0.5, 0.6) is 11.5 Å². The molecular formula is C20H16ClNO3. The third kappa shape index (κ3) is 3.75. The summed E-state index contributed by atoms with van der Waals surface area (Å²) in [6.07, 6.45) is 0. The van der Waals surface area contributed by atoms with Gasteiger partial charge in [0.05, 0.1) is 7.11 Å². The average molecular weight is 354 g/mol. The first-order valence-corrected chi connectivity index (χ1v) is 7.99. The third-order valence-electron chi connectivity index (χ3n) is 3.73. The van der Waals surface area contributed by atoms with Crippen molar-refractivity contribution in [2.75, 3.05) is 12.0 Å². The lowest BCUT2D eigenvalue weighted by Crippen LogP contribution is -2.25. The minimum atomic E-state index is -0.201. The number of anilines is 2. The van der Waals surface area contributed by atoms with E-state index in [0.29, 0.717) is 27.7 Å². The lowest BCUT2D eigenvalue weighted by molar-refractivity contribution is 0.0999. The van der Waals surface area contributed by atoms with E-state index in [1.165, 1.54) is 0 Å². The SMILES string of the molecule is COc1ccc(N(C(=O)c2ccc(Cl)cc2)c2ccc(O)cc2)cc1. The molecule has 5 heteroatoms. The molecule has 25 heavy (non-hydrogen) atoms. The summed E-state index contributed by atoms with van der Waals surface area (Å²) in [5.41, 5.74) is 1.84. The van der Waals surface area contributed by atoms with E-state index in [9.17, 15) is 9.90 Å². The van der Waals surface area contributed by atoms with E-state index < -0.39 is 0 Å². The van der Waals surface area contributed by atoms with E-state index in [0.717, 1.165) is 0 Å². The van der Waals surface area contributed by atoms with Gasteiger partial charge in [0.1, 0.15) is 11.5 Å². The number of phenolic OH excluding ortho intramolecular Hbond substituents is 1. The molecule has 0 spiro atoms. The highest BCUT2D eigenvalue weighted by Crippen LogP contribution is 2.30. The Hall–Kier alpha value is -2.98. The van der Waals surface area contributed by atoms with Crippen LogP contribution in [-0.2, 0) is 0 Å². The lowest BCUT2D eigenvalue weighted by Gasteiger charge is -2.23. The van der Waals surface area contributed by atoms with Gasteiger partial charge in [-0.1, -0.05) is 11.6 Å². The fraction of sp³-hybridized carbons (Fsp3) is 0.0500. The smallest absolute Gasteiger partial charge is 0.262 e. The number of nitrogens with zero attached hydrogens (tertiary/aromatic N) is 1. The minimum absolute atomic E-state index is 0.136. The number of rotatable bonds is 4. The molecule has 3 aromatic rings. The summed E-state index contributed by atoms with van der Waals surface area (Å²) in [5.74, 6) is 0.637. The van der Waals surface area contributed by atoms with Crippen molar-refractivity contribution in [1.29, 1.82) is 0 Å². The molecule has 0 radical (unpaired) electrons. The quantitative estimate of drug-likeness (QED) is 0.715. The maximum atomic E-state index is 13.1. The Balaban J connectivity index is 2.05. The maximum absolute atomic E-state index is 13.1. The number of carbonyl (C=O) groups excluding carboxylic acids is 1. The number of carbonyl (C=O) groups is 1. The van der Waals surface area contributed by atoms with E-state index in [2.05, 4.69) is 0 Å². The van der Waals surface area contributed by atoms with Crippen molar-refractivity contribution in [1.82, 2.24) is 0 Å². The predicted octanol–water partition coefficient (Wildman–Crippen LogP) is 5.03. The van der Waals surface area contributed by atoms with Crippen molar-refractivity contribution in [2.24, 2.45) is 0 Å². The number of benzene rings is 3. The zero-order valence-electron chi connectivity index (χ0n) is 13.5. The van der Waals surface area contributed by atoms with Crippen molar-refractivity contribution in [3.05, 3.63) is 83.4 Å². The number of halogens is 1. The Morgan fingerprint density at radius 3 is 1.92 bits per heavy atom. The Labute approximate surface area is 150 Å². The van der Waals surface area contributed by atoms with Gasteiger partial charge in [-0.3, -0.25) is 9.69 Å². The van der Waals surface area contributed by atoms with Gasteiger partial charge in [-0.15, -0.1) is 0 Å². The second kappa shape index (κ2) is 7.28. The van der Waals surface area contributed by atoms with Crippen LogP contribution in [0.2, 0.25) is 5.02 Å². The van der Waals surface area contributed by atoms with Crippen LogP contribution in [0.1, 0.15) is 10.4 Å². The molecule has 0 aromatic heterocycles. The fourth-order valence-corrected chi connectivity index (χ4v) is 2.56. The van der Waals surface area contributed by atoms with Crippen LogP contribution in [0.15, 0.2) is 72.8 Å². The molecule has 0 aliphatic rings. The summed E-state index contributed by atoms with van der Waals surface area (Å²) in [4.78, 5) is 14.7. The standard InChI is InChI=1S/C20H16ClNO3/c1-25-19-12-8-17(9-13-19)22(16-6-10-18(23)11-7-16)20(24)14-2-4-15(21)5-3-14/h2-13,23H,1H3. The lowest BCUT2D eigenvalue weighted by atomic mass is 10.1. The molecule has 0 aliphatic carbocycles. The van der Waals surface area contributed by atoms with E-state index in [1.54, 1.807) is 84.8 Å². The van der Waals surface area contributed by atoms with Crippen LogP contribution in [0, 0.1) is 0 Å². The second-order valence-corrected chi connectivity index (χ2v) is 5.80. The Morgan fingerprint density at radius 1 is 0.880 bits per heavy atom. The number of phenols is 1. The summed E-state index contributed by atoms with van der Waals surface area (Å²) in [6.45, 7) is 0. The van der Waals surface area contributed by atoms with Crippen LogP contribution in [0.3, 0.4) is 0 Å². The fourth-order valence-electron chi connectivity index (χ4n) is 2.44. The van der Waals surface area contributed by atoms with Crippen LogP contribution >= 0.6 is 11.6 Å². The van der Waals surface area contributed by atoms with Crippen molar-refractivity contribution >= 4 is 28.9 Å². The van der Waals surface area contributed by atoms with Crippen molar-refractivity contribution in [3.63, 3.8) is 0 Å². The van der Waals surface area contributed by atoms with Gasteiger partial charge in [0.15, 0.2) is 0 Å². The van der Waals surface area contributed by atoms with Gasteiger partial charge in [-0.2, -0.15) is 0 Å². The maximum Gasteiger partial charge on any atom is 0.262 e. The summed E-state index contributed by atoms with van der Waals surface area (Å²) in [7, 11) is 1.59. The third-order valence-corrected chi connectivity index (χ3v) is 3.98. The van der Waals surface area contributed by atoms with E-state index >= 15 is 0 Å². The molecule has 0 unspecified atom stereocenters. The summed E-state index contributed by atoms with van der Waals surface area (Å²) < 4.78 is 5.18. The molecule has 3 rings (SSSR count). The molecule has 0 saturated carbocycles. The van der Waals surface area contributed by atoms with Crippen LogP contribution in [0.25, 0.3) is 0 Å². The first-order valence-electron chi connectivity index (χ1n) is 7.61. The number of hydrogen-bond acceptors (Lipinski definition) is 3. The Bertz CT molecular complexity index is 859. The first-order chi connectivity index (χ1) is 12.1. The average Bonchev–Trinajstić information content (AvgIpc) is 2.64. The van der Waals surface area contributed by atoms with Gasteiger partial charge in [0.2, 0.25) is 0 Å². The van der Waals surface area contributed by atoms with Gasteiger partial charge in [0.25, 0.3) is 5.91 Å². The van der Waals surface area contributed by atoms with E-state index in [-0.39, 0.29) is 11.7 Å². The molecule has 0 heterocycles. The van der Waals surface area contributed by atoms with Crippen molar-refractivity contribution in [2.45, 2.75) is 0 Å². The Morgan fingerprint density at radius 2 is 1.40 bits per heavy atom. The van der Waals surface area contributed by atoms with Crippen LogP contribution in [-0.4, -0.2) is 18.1 Å². The minimum Gasteiger partial charge on any atom is -0.508 e. The molecule has 0 saturated heterocycles. The highest BCUT2D eigenvalue weighted by Gasteiger charge is 2.20. The largest absolute Gasteiger partial charge is 0.508 e. The highest BCUT2D eigenvalue weighted by molar-refractivity contribution is 6.30. The predicted molar refractivity (Wildman–Crippen MR) is 99.0 cm³/mol. The second-order valence-electron chi connectivity index (χ2n) is 5.36. The molecule has 3 aromatic carbocycles. The van der Waals surface area contributed by atoms with Gasteiger partial charge < -0.3 is 9.84 Å². The number of ether oxygens (including phenoxy) is 1. The summed E-state index contributed by atoms with van der Waals surface area (Å²) >= 11 is 5.91. The number of hydrogen-bond donors (Lipinski definition) is 1. The summed E-state index contributed by atoms with van der Waals surface area (Å²) in [6, 6.07) is 20.4. The molecule has 1 amide bonds. The molecule has 1 N–H and O–H groups in total. The molecular weight excluding hydrogens is 338 g/mol. The van der Waals surface area contributed by atoms with Gasteiger partial charge in [-0.25, -0.2) is 0 Å². The number of amides is 1. The highest BCUT2D eigenvalue weighted by atomic mass is 35.5. The monoisotopic (exact) mass is 353 g/mol. The zero-order chi connectivity index (χ0) is 17.8. The van der Waals surface area contributed by atoms with Gasteiger partial charge >= 0.3 is 0 Å². The van der Waals surface area contributed by atoms with Crippen molar-refractivity contribution < 1.29 is 14.6 Å². The van der Waals surface area contributed by atoms with E-state index in [4.69, 9.17) is 16.3 Å². The molecule has 4 nitrogen and oxygen atoms in total. The van der Waals surface area contributed by atoms with Gasteiger partial charge in [0, 0.05) is 22.0 Å². The molecule has 0 aliphatic heterocycles. The normalized spacial score (nSPS) is 10.3. The zero-order valence-corrected chi connectivity index (χ0v) is 14.3. The topological polar surface area (TPSA) is 49.8 Å². The number of methoxy groups -OCH3 is 1. The van der Waals surface area contributed by atoms with Crippen molar-refractivity contribution in [3.8, 4) is 11.5 Å². The molecule has 0 atom stereocenters.